The minimum absolute atomic E-state index is 0.360. The fourth-order valence-electron chi connectivity index (χ4n) is 3.06. The normalized spacial score (nSPS) is 22.6. The van der Waals surface area contributed by atoms with Crippen LogP contribution < -0.4 is 5.32 Å². The molecular formula is C15H28N2O2. The van der Waals surface area contributed by atoms with Gasteiger partial charge in [0.2, 0.25) is 0 Å². The van der Waals surface area contributed by atoms with Crippen LogP contribution in [-0.4, -0.2) is 48.2 Å². The Balaban J connectivity index is 1.65. The van der Waals surface area contributed by atoms with E-state index in [2.05, 4.69) is 17.3 Å². The Bertz CT molecular complexity index is 286. The smallest absolute Gasteiger partial charge is 0.320 e. The molecule has 2 N–H and O–H groups in total. The molecule has 0 heterocycles. The van der Waals surface area contributed by atoms with Crippen LogP contribution in [0.2, 0.25) is 0 Å². The lowest BCUT2D eigenvalue weighted by Crippen LogP contribution is -2.41. The molecule has 0 aromatic carbocycles. The summed E-state index contributed by atoms with van der Waals surface area (Å²) < 4.78 is 0. The second kappa shape index (κ2) is 7.25. The predicted octanol–water partition coefficient (Wildman–Crippen LogP) is 2.09. The average molecular weight is 268 g/mol. The molecule has 2 saturated carbocycles. The van der Waals surface area contributed by atoms with Gasteiger partial charge >= 0.3 is 5.97 Å². The molecule has 0 saturated heterocycles. The van der Waals surface area contributed by atoms with Gasteiger partial charge < -0.3 is 15.3 Å². The highest BCUT2D eigenvalue weighted by Gasteiger charge is 2.28. The van der Waals surface area contributed by atoms with Crippen LogP contribution in [0.1, 0.15) is 51.4 Å². The molecule has 4 nitrogen and oxygen atoms in total. The summed E-state index contributed by atoms with van der Waals surface area (Å²) in [5.74, 6) is 0.136. The molecule has 0 spiro atoms. The van der Waals surface area contributed by atoms with E-state index in [9.17, 15) is 9.90 Å². The summed E-state index contributed by atoms with van der Waals surface area (Å²) >= 11 is 0. The van der Waals surface area contributed by atoms with Gasteiger partial charge in [-0.1, -0.05) is 19.3 Å². The number of carboxylic acid groups (broad SMARTS) is 1. The third-order valence-corrected chi connectivity index (χ3v) is 4.41. The summed E-state index contributed by atoms with van der Waals surface area (Å²) in [7, 11) is 2.13. The highest BCUT2D eigenvalue weighted by atomic mass is 16.4. The zero-order valence-corrected chi connectivity index (χ0v) is 12.1. The van der Waals surface area contributed by atoms with Gasteiger partial charge in [-0.25, -0.2) is 0 Å². The van der Waals surface area contributed by atoms with Crippen LogP contribution in [-0.2, 0) is 4.79 Å². The summed E-state index contributed by atoms with van der Waals surface area (Å²) in [6.45, 7) is 2.02. The van der Waals surface area contributed by atoms with Gasteiger partial charge in [0.05, 0.1) is 0 Å². The average Bonchev–Trinajstić information content (AvgIpc) is 3.19. The maximum absolute atomic E-state index is 11.2. The van der Waals surface area contributed by atoms with Crippen LogP contribution in [0.5, 0.6) is 0 Å². The Hall–Kier alpha value is -0.610. The maximum atomic E-state index is 11.2. The van der Waals surface area contributed by atoms with Crippen molar-refractivity contribution in [1.82, 2.24) is 10.2 Å². The minimum atomic E-state index is -0.696. The highest BCUT2D eigenvalue weighted by Crippen LogP contribution is 2.24. The fourth-order valence-corrected chi connectivity index (χ4v) is 3.06. The van der Waals surface area contributed by atoms with E-state index in [0.717, 1.165) is 38.3 Å². The first-order chi connectivity index (χ1) is 9.15. The SMILES string of the molecule is CN(CCC(NC1CC1)C(=O)O)CC1CCCCC1. The van der Waals surface area contributed by atoms with E-state index in [0.29, 0.717) is 6.04 Å². The van der Waals surface area contributed by atoms with E-state index in [-0.39, 0.29) is 6.04 Å². The van der Waals surface area contributed by atoms with Gasteiger partial charge in [-0.05, 0) is 51.6 Å². The summed E-state index contributed by atoms with van der Waals surface area (Å²) in [4.78, 5) is 13.5. The molecule has 1 atom stereocenters. The lowest BCUT2D eigenvalue weighted by molar-refractivity contribution is -0.139. The molecule has 0 aromatic rings. The minimum Gasteiger partial charge on any atom is -0.480 e. The number of hydrogen-bond donors (Lipinski definition) is 2. The summed E-state index contributed by atoms with van der Waals surface area (Å²) in [5.41, 5.74) is 0. The molecule has 2 rings (SSSR count). The van der Waals surface area contributed by atoms with Crippen LogP contribution in [0.25, 0.3) is 0 Å². The van der Waals surface area contributed by atoms with Crippen molar-refractivity contribution in [1.29, 1.82) is 0 Å². The van der Waals surface area contributed by atoms with Crippen molar-refractivity contribution in [3.8, 4) is 0 Å². The van der Waals surface area contributed by atoms with Crippen LogP contribution in [0.4, 0.5) is 0 Å². The summed E-state index contributed by atoms with van der Waals surface area (Å²) in [6, 6.07) is 0.103. The lowest BCUT2D eigenvalue weighted by Gasteiger charge is -2.27. The van der Waals surface area contributed by atoms with Crippen LogP contribution in [0.3, 0.4) is 0 Å². The Labute approximate surface area is 116 Å². The zero-order chi connectivity index (χ0) is 13.7. The molecule has 110 valence electrons. The molecule has 1 unspecified atom stereocenters. The van der Waals surface area contributed by atoms with E-state index in [1.54, 1.807) is 0 Å². The molecule has 4 heteroatoms. The van der Waals surface area contributed by atoms with Crippen LogP contribution >= 0.6 is 0 Å². The molecule has 0 aliphatic heterocycles. The molecule has 0 bridgehead atoms. The predicted molar refractivity (Wildman–Crippen MR) is 76.3 cm³/mol. The third kappa shape index (κ3) is 5.49. The molecule has 0 aromatic heterocycles. The van der Waals surface area contributed by atoms with E-state index in [1.807, 2.05) is 0 Å². The van der Waals surface area contributed by atoms with Crippen molar-refractivity contribution in [2.45, 2.75) is 63.5 Å². The van der Waals surface area contributed by atoms with E-state index in [1.165, 1.54) is 32.1 Å². The number of rotatable bonds is 8. The highest BCUT2D eigenvalue weighted by molar-refractivity contribution is 5.73. The number of aliphatic carboxylic acids is 1. The van der Waals surface area contributed by atoms with Crippen molar-refractivity contribution in [2.24, 2.45) is 5.92 Å². The summed E-state index contributed by atoms with van der Waals surface area (Å²) in [6.07, 6.45) is 9.85. The number of carboxylic acids is 1. The molecule has 19 heavy (non-hydrogen) atoms. The topological polar surface area (TPSA) is 52.6 Å². The second-order valence-corrected chi connectivity index (χ2v) is 6.39. The number of nitrogens with zero attached hydrogens (tertiary/aromatic N) is 1. The Kier molecular flexibility index (Phi) is 5.64. The van der Waals surface area contributed by atoms with Gasteiger partial charge in [-0.15, -0.1) is 0 Å². The first kappa shape index (κ1) is 14.8. The Morgan fingerprint density at radius 2 is 1.95 bits per heavy atom. The van der Waals surface area contributed by atoms with E-state index >= 15 is 0 Å². The Morgan fingerprint density at radius 1 is 1.26 bits per heavy atom. The Morgan fingerprint density at radius 3 is 2.53 bits per heavy atom. The first-order valence-corrected chi connectivity index (χ1v) is 7.82. The maximum Gasteiger partial charge on any atom is 0.320 e. The van der Waals surface area contributed by atoms with Gasteiger partial charge in [-0.3, -0.25) is 4.79 Å². The zero-order valence-electron chi connectivity index (χ0n) is 12.1. The van der Waals surface area contributed by atoms with Crippen LogP contribution in [0, 0.1) is 5.92 Å². The van der Waals surface area contributed by atoms with Crippen molar-refractivity contribution >= 4 is 5.97 Å². The molecule has 2 aliphatic carbocycles. The second-order valence-electron chi connectivity index (χ2n) is 6.39. The van der Waals surface area contributed by atoms with Crippen molar-refractivity contribution in [3.05, 3.63) is 0 Å². The molecule has 2 fully saturated rings. The molecule has 2 aliphatic rings. The van der Waals surface area contributed by atoms with Crippen molar-refractivity contribution < 1.29 is 9.90 Å². The van der Waals surface area contributed by atoms with Gasteiger partial charge in [0.25, 0.3) is 0 Å². The van der Waals surface area contributed by atoms with Crippen molar-refractivity contribution in [3.63, 3.8) is 0 Å². The lowest BCUT2D eigenvalue weighted by atomic mass is 9.89. The molecular weight excluding hydrogens is 240 g/mol. The fraction of sp³-hybridized carbons (Fsp3) is 0.933. The van der Waals surface area contributed by atoms with Gasteiger partial charge in [0.1, 0.15) is 6.04 Å². The van der Waals surface area contributed by atoms with Crippen molar-refractivity contribution in [2.75, 3.05) is 20.1 Å². The number of hydrogen-bond acceptors (Lipinski definition) is 3. The molecule has 0 radical (unpaired) electrons. The quantitative estimate of drug-likeness (QED) is 0.708. The summed E-state index contributed by atoms with van der Waals surface area (Å²) in [5, 5.41) is 12.4. The largest absolute Gasteiger partial charge is 0.480 e. The number of carbonyl (C=O) groups is 1. The van der Waals surface area contributed by atoms with Gasteiger partial charge in [0, 0.05) is 12.6 Å². The standard InChI is InChI=1S/C15H28N2O2/c1-17(11-12-5-3-2-4-6-12)10-9-14(15(18)19)16-13-7-8-13/h12-14,16H,2-11H2,1H3,(H,18,19). The van der Waals surface area contributed by atoms with E-state index < -0.39 is 5.97 Å². The van der Waals surface area contributed by atoms with Gasteiger partial charge in [-0.2, -0.15) is 0 Å². The van der Waals surface area contributed by atoms with Crippen LogP contribution in [0.15, 0.2) is 0 Å². The first-order valence-electron chi connectivity index (χ1n) is 7.82. The van der Waals surface area contributed by atoms with E-state index in [4.69, 9.17) is 0 Å². The van der Waals surface area contributed by atoms with Gasteiger partial charge in [0.15, 0.2) is 0 Å². The molecule has 0 amide bonds. The third-order valence-electron chi connectivity index (χ3n) is 4.41. The number of nitrogens with one attached hydrogen (secondary N) is 1. The monoisotopic (exact) mass is 268 g/mol.